The molecular formula is C61H44N5+. The van der Waals surface area contributed by atoms with Gasteiger partial charge >= 0.3 is 5.82 Å². The van der Waals surface area contributed by atoms with Crippen LogP contribution in [-0.2, 0) is 6.42 Å². The van der Waals surface area contributed by atoms with Gasteiger partial charge in [0.05, 0.1) is 27.6 Å². The van der Waals surface area contributed by atoms with Gasteiger partial charge in [-0.15, -0.1) is 9.36 Å². The highest BCUT2D eigenvalue weighted by atomic mass is 15.7. The predicted molar refractivity (Wildman–Crippen MR) is 269 cm³/mol. The molecule has 9 aromatic carbocycles. The summed E-state index contributed by atoms with van der Waals surface area (Å²) < 4.78 is 9.57. The fourth-order valence-electron chi connectivity index (χ4n) is 11.6. The third-order valence-electron chi connectivity index (χ3n) is 14.7. The van der Waals surface area contributed by atoms with Gasteiger partial charge in [0, 0.05) is 44.0 Å². The Balaban J connectivity index is 0.833. The molecule has 0 radical (unpaired) electrons. The molecule has 4 heterocycles. The minimum Gasteiger partial charge on any atom is -0.309 e. The summed E-state index contributed by atoms with van der Waals surface area (Å²) in [6.45, 7) is 2.43. The van der Waals surface area contributed by atoms with Crippen molar-refractivity contribution in [1.82, 2.24) is 18.8 Å². The second-order valence-corrected chi connectivity index (χ2v) is 18.1. The van der Waals surface area contributed by atoms with Crippen molar-refractivity contribution in [3.8, 4) is 45.3 Å². The smallest absolute Gasteiger partial charge is 0.309 e. The van der Waals surface area contributed by atoms with Gasteiger partial charge < -0.3 is 9.13 Å². The normalized spacial score (nSPS) is 15.5. The molecule has 66 heavy (non-hydrogen) atoms. The van der Waals surface area contributed by atoms with Gasteiger partial charge in [-0.25, -0.2) is 0 Å². The van der Waals surface area contributed by atoms with E-state index in [-0.39, 0.29) is 12.1 Å². The number of aromatic nitrogens is 5. The van der Waals surface area contributed by atoms with Crippen molar-refractivity contribution in [3.05, 3.63) is 241 Å². The third-order valence-corrected chi connectivity index (χ3v) is 14.7. The van der Waals surface area contributed by atoms with E-state index in [2.05, 4.69) is 244 Å². The van der Waals surface area contributed by atoms with Crippen LogP contribution in [0, 0.1) is 0 Å². The van der Waals surface area contributed by atoms with Crippen LogP contribution in [0.1, 0.15) is 47.2 Å². The fourth-order valence-corrected chi connectivity index (χ4v) is 11.6. The van der Waals surface area contributed by atoms with E-state index < -0.39 is 0 Å². The van der Waals surface area contributed by atoms with Crippen LogP contribution in [0.4, 0.5) is 0 Å². The minimum absolute atomic E-state index is 0.0476. The Bertz CT molecular complexity index is 3820. The van der Waals surface area contributed by atoms with Crippen molar-refractivity contribution in [2.75, 3.05) is 0 Å². The van der Waals surface area contributed by atoms with E-state index in [1.807, 2.05) is 0 Å². The van der Waals surface area contributed by atoms with Crippen LogP contribution in [0.15, 0.2) is 218 Å². The summed E-state index contributed by atoms with van der Waals surface area (Å²) in [6.07, 6.45) is 1.02. The molecule has 0 bridgehead atoms. The quantitative estimate of drug-likeness (QED) is 0.147. The zero-order valence-electron chi connectivity index (χ0n) is 36.5. The maximum atomic E-state index is 5.36. The third kappa shape index (κ3) is 5.47. The number of fused-ring (bicyclic) bond motifs is 11. The second kappa shape index (κ2) is 14.4. The van der Waals surface area contributed by atoms with Crippen molar-refractivity contribution in [2.24, 2.45) is 0 Å². The molecule has 3 atom stereocenters. The van der Waals surface area contributed by atoms with Crippen molar-refractivity contribution in [1.29, 1.82) is 0 Å². The average molecular weight is 847 g/mol. The number of nitrogens with zero attached hydrogens (tertiary/aromatic N) is 5. The van der Waals surface area contributed by atoms with Crippen molar-refractivity contribution >= 4 is 43.6 Å². The Labute approximate surface area is 382 Å². The highest BCUT2D eigenvalue weighted by Crippen LogP contribution is 2.50. The maximum absolute atomic E-state index is 5.36. The number of hydrogen-bond donors (Lipinski definition) is 0. The minimum atomic E-state index is 0.0476. The lowest BCUT2D eigenvalue weighted by atomic mass is 9.71. The van der Waals surface area contributed by atoms with Crippen LogP contribution in [0.5, 0.6) is 0 Å². The summed E-state index contributed by atoms with van der Waals surface area (Å²) in [5.41, 5.74) is 17.7. The summed E-state index contributed by atoms with van der Waals surface area (Å²) >= 11 is 0. The SMILES string of the molecule is CC(c1ccc(C2n3c(-c4ccccc4)nc(-c4cccc(-n5c6ccccc6c6ccccc65)c4)[n+]32)cc1)C1Cc2c(ccc3c2c2ccccc2n3-c2ccccc2)-c2ccccc21. The molecule has 0 saturated carbocycles. The van der Waals surface area contributed by atoms with Gasteiger partial charge in [-0.05, 0) is 118 Å². The van der Waals surface area contributed by atoms with Gasteiger partial charge in [-0.1, -0.05) is 159 Å². The molecule has 0 spiro atoms. The Morgan fingerprint density at radius 2 is 1.09 bits per heavy atom. The first-order chi connectivity index (χ1) is 32.7. The molecule has 0 fully saturated rings. The Morgan fingerprint density at radius 3 is 1.83 bits per heavy atom. The first-order valence-corrected chi connectivity index (χ1v) is 23.2. The van der Waals surface area contributed by atoms with E-state index in [9.17, 15) is 0 Å². The van der Waals surface area contributed by atoms with E-state index in [4.69, 9.17) is 4.98 Å². The van der Waals surface area contributed by atoms with Crippen LogP contribution >= 0.6 is 0 Å². The highest BCUT2D eigenvalue weighted by molar-refractivity contribution is 6.13. The van der Waals surface area contributed by atoms with Crippen LogP contribution < -0.4 is 4.68 Å². The molecule has 3 aromatic heterocycles. The monoisotopic (exact) mass is 846 g/mol. The Hall–Kier alpha value is -8.28. The summed E-state index contributed by atoms with van der Waals surface area (Å²) in [5, 5.41) is 5.21. The Morgan fingerprint density at radius 1 is 0.500 bits per heavy atom. The molecule has 5 nitrogen and oxygen atoms in total. The molecule has 2 aliphatic rings. The molecule has 3 unspecified atom stereocenters. The molecule has 1 aliphatic carbocycles. The number of rotatable bonds is 7. The van der Waals surface area contributed by atoms with Crippen LogP contribution in [0.2, 0.25) is 0 Å². The first kappa shape index (κ1) is 37.1. The van der Waals surface area contributed by atoms with Crippen molar-refractivity contribution < 1.29 is 4.68 Å². The zero-order chi connectivity index (χ0) is 43.5. The predicted octanol–water partition coefficient (Wildman–Crippen LogP) is 14.2. The molecule has 0 amide bonds. The van der Waals surface area contributed by atoms with E-state index in [1.165, 1.54) is 82.7 Å². The second-order valence-electron chi connectivity index (χ2n) is 18.1. The lowest BCUT2D eigenvalue weighted by Gasteiger charge is -2.33. The van der Waals surface area contributed by atoms with E-state index in [0.29, 0.717) is 5.92 Å². The molecule has 312 valence electrons. The molecule has 12 aromatic rings. The average Bonchev–Trinajstić information content (AvgIpc) is 3.64. The molecular weight excluding hydrogens is 803 g/mol. The molecule has 5 heteroatoms. The summed E-state index contributed by atoms with van der Waals surface area (Å²) in [6, 6.07) is 80.0. The molecule has 0 saturated heterocycles. The van der Waals surface area contributed by atoms with Crippen LogP contribution in [-0.4, -0.2) is 18.8 Å². The lowest BCUT2D eigenvalue weighted by Crippen LogP contribution is -2.19. The van der Waals surface area contributed by atoms with E-state index in [0.717, 1.165) is 34.9 Å². The van der Waals surface area contributed by atoms with E-state index >= 15 is 0 Å². The van der Waals surface area contributed by atoms with Crippen molar-refractivity contribution in [2.45, 2.75) is 31.3 Å². The van der Waals surface area contributed by atoms with Gasteiger partial charge in [0.2, 0.25) is 0 Å². The summed E-state index contributed by atoms with van der Waals surface area (Å²) in [4.78, 5) is 5.36. The van der Waals surface area contributed by atoms with Crippen LogP contribution in [0.3, 0.4) is 0 Å². The first-order valence-electron chi connectivity index (χ1n) is 23.2. The number of benzene rings is 9. The van der Waals surface area contributed by atoms with Gasteiger partial charge in [-0.3, -0.25) is 0 Å². The largest absolute Gasteiger partial charge is 0.354 e. The number of hydrogen-bond acceptors (Lipinski definition) is 1. The zero-order valence-corrected chi connectivity index (χ0v) is 36.5. The standard InChI is InChI=1S/C61H44N5/c1-39(52-38-53-48(46-23-8-9-24-47(46)52)35-36-57-58(53)51-27-12-15-30-56(51)63(57)44-20-6-3-7-21-44)40-31-33-42(34-32-40)61-65-59(41-17-4-2-5-18-41)62-60(66(61)65)43-19-16-22-45(37-43)64-54-28-13-10-25-49(54)50-26-11-14-29-55(50)64/h2-37,39,52,61H,38H2,1H3/q+1. The van der Waals surface area contributed by atoms with Gasteiger partial charge in [-0.2, -0.15) is 0 Å². The Kier molecular flexibility index (Phi) is 8.08. The molecule has 14 rings (SSSR count). The topological polar surface area (TPSA) is 31.6 Å². The summed E-state index contributed by atoms with van der Waals surface area (Å²) in [7, 11) is 0. The number of para-hydroxylation sites is 4. The maximum Gasteiger partial charge on any atom is 0.354 e. The summed E-state index contributed by atoms with van der Waals surface area (Å²) in [5.74, 6) is 2.55. The van der Waals surface area contributed by atoms with Crippen LogP contribution in [0.25, 0.3) is 88.9 Å². The van der Waals surface area contributed by atoms with Crippen molar-refractivity contribution in [3.63, 3.8) is 0 Å². The fraction of sp³-hybridized carbons (Fsp3) is 0.0820. The van der Waals surface area contributed by atoms with Gasteiger partial charge in [0.15, 0.2) is 0 Å². The molecule has 0 N–H and O–H groups in total. The highest BCUT2D eigenvalue weighted by Gasteiger charge is 2.51. The lowest BCUT2D eigenvalue weighted by molar-refractivity contribution is -0.602. The van der Waals surface area contributed by atoms with Gasteiger partial charge in [0.25, 0.3) is 12.0 Å². The van der Waals surface area contributed by atoms with E-state index in [1.54, 1.807) is 0 Å². The van der Waals surface area contributed by atoms with Gasteiger partial charge in [0.1, 0.15) is 0 Å². The molecule has 1 aliphatic heterocycles.